The number of rotatable bonds is 4. The molecule has 0 bridgehead atoms. The highest BCUT2D eigenvalue weighted by Crippen LogP contribution is 2.11. The summed E-state index contributed by atoms with van der Waals surface area (Å²) < 4.78 is 5.03. The molecule has 0 fully saturated rings. The second-order valence-corrected chi connectivity index (χ2v) is 3.11. The summed E-state index contributed by atoms with van der Waals surface area (Å²) in [7, 11) is 0. The van der Waals surface area contributed by atoms with Crippen molar-refractivity contribution in [3.63, 3.8) is 0 Å². The van der Waals surface area contributed by atoms with Crippen LogP contribution < -0.4 is 0 Å². The maximum atomic E-state index is 8.39. The zero-order valence-electron chi connectivity index (χ0n) is 8.50. The van der Waals surface area contributed by atoms with Gasteiger partial charge in [0.05, 0.1) is 12.3 Å². The van der Waals surface area contributed by atoms with E-state index in [1.165, 1.54) is 0 Å². The van der Waals surface area contributed by atoms with Crippen LogP contribution in [0.25, 0.3) is 11.5 Å². The highest BCUT2D eigenvalue weighted by molar-refractivity contribution is 5.45. The summed E-state index contributed by atoms with van der Waals surface area (Å²) in [4.78, 5) is 12.1. The van der Waals surface area contributed by atoms with Crippen LogP contribution in [-0.2, 0) is 6.42 Å². The van der Waals surface area contributed by atoms with Gasteiger partial charge < -0.3 is 4.52 Å². The molecule has 0 spiro atoms. The predicted octanol–water partition coefficient (Wildman–Crippen LogP) is 1.37. The second-order valence-electron chi connectivity index (χ2n) is 3.11. The van der Waals surface area contributed by atoms with Crippen molar-refractivity contribution in [1.82, 2.24) is 20.1 Å². The van der Waals surface area contributed by atoms with Crippen LogP contribution in [0.15, 0.2) is 23.1 Å². The lowest BCUT2D eigenvalue weighted by Gasteiger charge is -1.89. The fourth-order valence-electron chi connectivity index (χ4n) is 1.19. The Morgan fingerprint density at radius 2 is 2.31 bits per heavy atom. The number of aromatic nitrogens is 4. The average Bonchev–Trinajstić information content (AvgIpc) is 2.79. The van der Waals surface area contributed by atoms with Crippen molar-refractivity contribution in [2.75, 3.05) is 0 Å². The van der Waals surface area contributed by atoms with E-state index < -0.39 is 0 Å². The van der Waals surface area contributed by atoms with Crippen LogP contribution in [-0.4, -0.2) is 20.1 Å². The number of hydrogen-bond donors (Lipinski definition) is 0. The zero-order chi connectivity index (χ0) is 11.2. The van der Waals surface area contributed by atoms with Gasteiger partial charge in [0.1, 0.15) is 5.69 Å². The second kappa shape index (κ2) is 4.98. The summed E-state index contributed by atoms with van der Waals surface area (Å²) in [5, 5.41) is 12.2. The van der Waals surface area contributed by atoms with Gasteiger partial charge in [0.15, 0.2) is 0 Å². The van der Waals surface area contributed by atoms with Crippen LogP contribution in [0, 0.1) is 11.3 Å². The molecule has 2 aromatic heterocycles. The fraction of sp³-hybridized carbons (Fsp3) is 0.300. The van der Waals surface area contributed by atoms with Crippen LogP contribution in [0.1, 0.15) is 18.7 Å². The third-order valence-electron chi connectivity index (χ3n) is 1.94. The molecule has 0 aliphatic carbocycles. The molecule has 0 aliphatic rings. The molecule has 0 aliphatic heterocycles. The molecule has 2 rings (SSSR count). The number of hydrogen-bond acceptors (Lipinski definition) is 6. The van der Waals surface area contributed by atoms with E-state index in [1.54, 1.807) is 18.6 Å². The number of unbranched alkanes of at least 4 members (excludes halogenated alkanes) is 1. The van der Waals surface area contributed by atoms with E-state index in [4.69, 9.17) is 9.78 Å². The molecular weight excluding hydrogens is 206 g/mol. The highest BCUT2D eigenvalue weighted by Gasteiger charge is 2.08. The molecule has 0 radical (unpaired) electrons. The van der Waals surface area contributed by atoms with E-state index in [-0.39, 0.29) is 0 Å². The van der Waals surface area contributed by atoms with E-state index >= 15 is 0 Å². The molecule has 0 saturated heterocycles. The van der Waals surface area contributed by atoms with Crippen LogP contribution >= 0.6 is 0 Å². The summed E-state index contributed by atoms with van der Waals surface area (Å²) in [5.41, 5.74) is 0.581. The summed E-state index contributed by atoms with van der Waals surface area (Å²) in [6, 6.07) is 2.06. The van der Waals surface area contributed by atoms with E-state index in [1.807, 2.05) is 0 Å². The highest BCUT2D eigenvalue weighted by atomic mass is 16.5. The number of nitrogens with zero attached hydrogens (tertiary/aromatic N) is 5. The monoisotopic (exact) mass is 215 g/mol. The third-order valence-corrected chi connectivity index (χ3v) is 1.94. The van der Waals surface area contributed by atoms with Gasteiger partial charge in [-0.05, 0) is 6.42 Å². The average molecular weight is 215 g/mol. The van der Waals surface area contributed by atoms with Gasteiger partial charge >= 0.3 is 0 Å². The lowest BCUT2D eigenvalue weighted by atomic mass is 10.2. The molecule has 2 heterocycles. The van der Waals surface area contributed by atoms with E-state index in [9.17, 15) is 0 Å². The van der Waals surface area contributed by atoms with E-state index in [0.29, 0.717) is 30.3 Å². The van der Waals surface area contributed by atoms with Crippen LogP contribution in [0.3, 0.4) is 0 Å². The molecule has 6 nitrogen and oxygen atoms in total. The first kappa shape index (κ1) is 10.2. The molecule has 2 aromatic rings. The minimum Gasteiger partial charge on any atom is -0.339 e. The Kier molecular flexibility index (Phi) is 3.18. The van der Waals surface area contributed by atoms with Crippen molar-refractivity contribution in [2.45, 2.75) is 19.3 Å². The first-order chi connectivity index (χ1) is 7.90. The quantitative estimate of drug-likeness (QED) is 0.715. The normalized spacial score (nSPS) is 9.94. The van der Waals surface area contributed by atoms with Crippen molar-refractivity contribution in [3.8, 4) is 17.6 Å². The molecule has 0 aromatic carbocycles. The Bertz CT molecular complexity index is 487. The van der Waals surface area contributed by atoms with Crippen molar-refractivity contribution in [1.29, 1.82) is 5.26 Å². The van der Waals surface area contributed by atoms with E-state index in [0.717, 1.165) is 6.42 Å². The van der Waals surface area contributed by atoms with E-state index in [2.05, 4.69) is 26.2 Å². The summed E-state index contributed by atoms with van der Waals surface area (Å²) in [6.07, 6.45) is 6.55. The summed E-state index contributed by atoms with van der Waals surface area (Å²) in [5.74, 6) is 0.955. The number of aryl methyl sites for hydroxylation is 1. The third kappa shape index (κ3) is 2.39. The molecule has 0 N–H and O–H groups in total. The molecule has 0 saturated carbocycles. The summed E-state index contributed by atoms with van der Waals surface area (Å²) in [6.45, 7) is 0. The zero-order valence-corrected chi connectivity index (χ0v) is 8.50. The van der Waals surface area contributed by atoms with Crippen molar-refractivity contribution in [3.05, 3.63) is 24.5 Å². The Morgan fingerprint density at radius 1 is 1.38 bits per heavy atom. The smallest absolute Gasteiger partial charge is 0.227 e. The minimum atomic E-state index is 0.431. The van der Waals surface area contributed by atoms with Crippen molar-refractivity contribution in [2.24, 2.45) is 0 Å². The Labute approximate surface area is 92.0 Å². The lowest BCUT2D eigenvalue weighted by Crippen LogP contribution is -1.88. The van der Waals surface area contributed by atoms with Crippen molar-refractivity contribution >= 4 is 0 Å². The molecule has 6 heteroatoms. The standard InChI is InChI=1S/C10H9N5O/c11-4-2-1-3-9-14-10(15-16-9)8-7-12-5-6-13-8/h5-7H,1-3H2. The molecule has 80 valence electrons. The molecule has 0 atom stereocenters. The van der Waals surface area contributed by atoms with Gasteiger partial charge in [-0.1, -0.05) is 5.16 Å². The Balaban J connectivity index is 2.06. The topological polar surface area (TPSA) is 88.5 Å². The first-order valence-electron chi connectivity index (χ1n) is 4.86. The molecular formula is C10H9N5O. The predicted molar refractivity (Wildman–Crippen MR) is 53.9 cm³/mol. The SMILES string of the molecule is N#CCCCc1nc(-c2cnccn2)no1. The van der Waals surface area contributed by atoms with Crippen LogP contribution in [0.5, 0.6) is 0 Å². The van der Waals surface area contributed by atoms with Gasteiger partial charge in [-0.15, -0.1) is 0 Å². The largest absolute Gasteiger partial charge is 0.339 e. The minimum absolute atomic E-state index is 0.431. The summed E-state index contributed by atoms with van der Waals surface area (Å²) >= 11 is 0. The van der Waals surface area contributed by atoms with Gasteiger partial charge in [-0.2, -0.15) is 10.2 Å². The van der Waals surface area contributed by atoms with Crippen molar-refractivity contribution < 1.29 is 4.52 Å². The Hall–Kier alpha value is -2.29. The van der Waals surface area contributed by atoms with Gasteiger partial charge in [0, 0.05) is 25.2 Å². The first-order valence-corrected chi connectivity index (χ1v) is 4.86. The molecule has 0 amide bonds. The lowest BCUT2D eigenvalue weighted by molar-refractivity contribution is 0.376. The molecule has 0 unspecified atom stereocenters. The number of nitriles is 1. The van der Waals surface area contributed by atoms with Crippen LogP contribution in [0.2, 0.25) is 0 Å². The van der Waals surface area contributed by atoms with Crippen LogP contribution in [0.4, 0.5) is 0 Å². The Morgan fingerprint density at radius 3 is 3.06 bits per heavy atom. The van der Waals surface area contributed by atoms with Gasteiger partial charge in [-0.25, -0.2) is 4.98 Å². The fourth-order valence-corrected chi connectivity index (χ4v) is 1.19. The van der Waals surface area contributed by atoms with Gasteiger partial charge in [0.25, 0.3) is 0 Å². The van der Waals surface area contributed by atoms with Gasteiger partial charge in [0.2, 0.25) is 11.7 Å². The molecule has 16 heavy (non-hydrogen) atoms. The van der Waals surface area contributed by atoms with Gasteiger partial charge in [-0.3, -0.25) is 4.98 Å². The maximum absolute atomic E-state index is 8.39. The maximum Gasteiger partial charge on any atom is 0.227 e.